The maximum absolute atomic E-state index is 9.42. The molecule has 0 saturated carbocycles. The van der Waals surface area contributed by atoms with E-state index in [-0.39, 0.29) is 11.8 Å². The van der Waals surface area contributed by atoms with Gasteiger partial charge in [-0.05, 0) is 47.2 Å². The van der Waals surface area contributed by atoms with Crippen molar-refractivity contribution in [1.82, 2.24) is 10.2 Å². The molecular weight excluding hydrogens is 367 g/mol. The van der Waals surface area contributed by atoms with Gasteiger partial charge in [0.15, 0.2) is 0 Å². The van der Waals surface area contributed by atoms with Crippen molar-refractivity contribution in [2.45, 2.75) is 12.8 Å². The molecule has 1 aliphatic heterocycles. The van der Waals surface area contributed by atoms with Crippen molar-refractivity contribution in [2.75, 3.05) is 0 Å². The lowest BCUT2D eigenvalue weighted by Crippen LogP contribution is -2.21. The largest absolute Gasteiger partial charge is 0.420 e. The average molecular weight is 378 g/mol. The molecule has 5 nitrogen and oxygen atoms in total. The Morgan fingerprint density at radius 2 is 2.30 bits per heavy atom. The van der Waals surface area contributed by atoms with Crippen molar-refractivity contribution in [3.05, 3.63) is 56.1 Å². The third kappa shape index (κ3) is 1.94. The summed E-state index contributed by atoms with van der Waals surface area (Å²) in [5, 5.41) is 16.4. The number of allylic oxidation sites excluding steroid dienone is 1. The van der Waals surface area contributed by atoms with Crippen LogP contribution in [0.3, 0.4) is 0 Å². The first-order valence-electron chi connectivity index (χ1n) is 5.99. The van der Waals surface area contributed by atoms with E-state index in [9.17, 15) is 5.26 Å². The number of aromatic amines is 1. The Morgan fingerprint density at radius 3 is 3.00 bits per heavy atom. The highest BCUT2D eigenvalue weighted by Crippen LogP contribution is 2.42. The molecule has 0 fully saturated rings. The summed E-state index contributed by atoms with van der Waals surface area (Å²) in [4.78, 5) is 0. The van der Waals surface area contributed by atoms with Gasteiger partial charge < -0.3 is 10.5 Å². The highest BCUT2D eigenvalue weighted by Gasteiger charge is 2.34. The van der Waals surface area contributed by atoms with Crippen LogP contribution in [0, 0.1) is 21.8 Å². The Hall–Kier alpha value is -2.01. The second-order valence-electron chi connectivity index (χ2n) is 4.55. The van der Waals surface area contributed by atoms with Gasteiger partial charge in [-0.1, -0.05) is 12.1 Å². The van der Waals surface area contributed by atoms with Crippen molar-refractivity contribution in [3.63, 3.8) is 0 Å². The number of benzene rings is 1. The molecule has 3 rings (SSSR count). The molecule has 100 valence electrons. The van der Waals surface area contributed by atoms with Crippen LogP contribution in [0.15, 0.2) is 35.7 Å². The molecule has 0 bridgehead atoms. The lowest BCUT2D eigenvalue weighted by atomic mass is 9.84. The Kier molecular flexibility index (Phi) is 3.14. The van der Waals surface area contributed by atoms with E-state index in [0.29, 0.717) is 11.5 Å². The quantitative estimate of drug-likeness (QED) is 0.747. The third-order valence-corrected chi connectivity index (χ3v) is 3.98. The highest BCUT2D eigenvalue weighted by molar-refractivity contribution is 14.1. The average Bonchev–Trinajstić information content (AvgIpc) is 2.78. The Balaban J connectivity index is 2.25. The molecule has 0 radical (unpaired) electrons. The van der Waals surface area contributed by atoms with Crippen molar-refractivity contribution in [2.24, 2.45) is 5.73 Å². The first-order chi connectivity index (χ1) is 9.61. The van der Waals surface area contributed by atoms with Crippen LogP contribution in [0.4, 0.5) is 0 Å². The number of nitrogens with two attached hydrogens (primary N) is 1. The molecule has 0 unspecified atom stereocenters. The third-order valence-electron chi connectivity index (χ3n) is 3.31. The summed E-state index contributed by atoms with van der Waals surface area (Å²) in [5.74, 6) is 0.329. The zero-order valence-electron chi connectivity index (χ0n) is 10.6. The first kappa shape index (κ1) is 13.0. The number of fused-ring (bicyclic) bond motifs is 1. The van der Waals surface area contributed by atoms with E-state index in [4.69, 9.17) is 10.5 Å². The Morgan fingerprint density at radius 1 is 1.50 bits per heavy atom. The topological polar surface area (TPSA) is 87.7 Å². The highest BCUT2D eigenvalue weighted by atomic mass is 127. The number of aromatic nitrogens is 2. The van der Waals surface area contributed by atoms with Crippen LogP contribution in [0.25, 0.3) is 0 Å². The Bertz CT molecular complexity index is 757. The van der Waals surface area contributed by atoms with E-state index >= 15 is 0 Å². The van der Waals surface area contributed by atoms with Gasteiger partial charge in [0.25, 0.3) is 0 Å². The molecule has 0 spiro atoms. The summed E-state index contributed by atoms with van der Waals surface area (Å²) < 4.78 is 6.53. The molecule has 1 aromatic heterocycles. The SMILES string of the molecule is Cc1[nH]nc2c1[C@@H](c1cccc(I)c1)C(C#N)=C(N)O2. The summed E-state index contributed by atoms with van der Waals surface area (Å²) >= 11 is 2.25. The minimum Gasteiger partial charge on any atom is -0.420 e. The van der Waals surface area contributed by atoms with E-state index in [0.717, 1.165) is 20.4 Å². The number of hydrogen-bond donors (Lipinski definition) is 2. The fourth-order valence-electron chi connectivity index (χ4n) is 2.42. The van der Waals surface area contributed by atoms with Crippen LogP contribution in [0.5, 0.6) is 5.88 Å². The summed E-state index contributed by atoms with van der Waals surface area (Å²) in [6.07, 6.45) is 0. The predicted molar refractivity (Wildman–Crippen MR) is 81.8 cm³/mol. The summed E-state index contributed by atoms with van der Waals surface area (Å²) in [6.45, 7) is 1.91. The minimum atomic E-state index is -0.239. The molecule has 3 N–H and O–H groups in total. The van der Waals surface area contributed by atoms with Crippen molar-refractivity contribution in [3.8, 4) is 11.9 Å². The van der Waals surface area contributed by atoms with Crippen molar-refractivity contribution >= 4 is 22.6 Å². The molecule has 1 aliphatic rings. The number of ether oxygens (including phenoxy) is 1. The van der Waals surface area contributed by atoms with E-state index < -0.39 is 0 Å². The number of halogens is 1. The van der Waals surface area contributed by atoms with Crippen LogP contribution in [0.1, 0.15) is 22.7 Å². The van der Waals surface area contributed by atoms with Gasteiger partial charge in [0.1, 0.15) is 11.6 Å². The number of nitriles is 1. The standard InChI is InChI=1S/C14H11IN4O/c1-7-11-12(8-3-2-4-9(15)5-8)10(6-16)13(17)20-14(11)19-18-7/h2-5,12H,17H2,1H3,(H,18,19)/t12-/m0/s1. The second-order valence-corrected chi connectivity index (χ2v) is 5.79. The normalized spacial score (nSPS) is 17.4. The Labute approximate surface area is 129 Å². The molecule has 0 saturated heterocycles. The molecule has 2 aromatic rings. The summed E-state index contributed by atoms with van der Waals surface area (Å²) in [5.41, 5.74) is 9.04. The number of nitrogens with one attached hydrogen (secondary N) is 1. The van der Waals surface area contributed by atoms with E-state index in [1.165, 1.54) is 0 Å². The monoisotopic (exact) mass is 378 g/mol. The summed E-state index contributed by atoms with van der Waals surface area (Å²) in [6, 6.07) is 10.2. The summed E-state index contributed by atoms with van der Waals surface area (Å²) in [7, 11) is 0. The molecule has 1 atom stereocenters. The number of aryl methyl sites for hydroxylation is 1. The van der Waals surface area contributed by atoms with Gasteiger partial charge in [-0.3, -0.25) is 5.10 Å². The van der Waals surface area contributed by atoms with Crippen LogP contribution in [-0.2, 0) is 0 Å². The predicted octanol–water partition coefficient (Wildman–Crippen LogP) is 2.54. The van der Waals surface area contributed by atoms with Crippen molar-refractivity contribution < 1.29 is 4.74 Å². The number of rotatable bonds is 1. The van der Waals surface area contributed by atoms with Crippen LogP contribution in [-0.4, -0.2) is 10.2 Å². The van der Waals surface area contributed by atoms with Gasteiger partial charge in [0.05, 0.1) is 5.92 Å². The fraction of sp³-hybridized carbons (Fsp3) is 0.143. The van der Waals surface area contributed by atoms with Crippen LogP contribution >= 0.6 is 22.6 Å². The van der Waals surface area contributed by atoms with Gasteiger partial charge in [-0.2, -0.15) is 5.26 Å². The molecule has 0 aliphatic carbocycles. The maximum Gasteiger partial charge on any atom is 0.244 e. The second kappa shape index (κ2) is 4.83. The molecule has 20 heavy (non-hydrogen) atoms. The van der Waals surface area contributed by atoms with Gasteiger partial charge in [0, 0.05) is 14.8 Å². The van der Waals surface area contributed by atoms with Crippen LogP contribution < -0.4 is 10.5 Å². The van der Waals surface area contributed by atoms with E-state index in [1.807, 2.05) is 31.2 Å². The number of hydrogen-bond acceptors (Lipinski definition) is 4. The smallest absolute Gasteiger partial charge is 0.244 e. The van der Waals surface area contributed by atoms with E-state index in [1.54, 1.807) is 0 Å². The van der Waals surface area contributed by atoms with Gasteiger partial charge >= 0.3 is 0 Å². The van der Waals surface area contributed by atoms with Gasteiger partial charge in [0.2, 0.25) is 11.8 Å². The molecule has 2 heterocycles. The lowest BCUT2D eigenvalue weighted by molar-refractivity contribution is 0.379. The maximum atomic E-state index is 9.42. The lowest BCUT2D eigenvalue weighted by Gasteiger charge is -2.23. The van der Waals surface area contributed by atoms with Crippen LogP contribution in [0.2, 0.25) is 0 Å². The first-order valence-corrected chi connectivity index (χ1v) is 7.07. The molecule has 0 amide bonds. The van der Waals surface area contributed by atoms with Gasteiger partial charge in [-0.15, -0.1) is 5.10 Å². The zero-order chi connectivity index (χ0) is 14.3. The fourth-order valence-corrected chi connectivity index (χ4v) is 2.99. The molecule has 6 heteroatoms. The molecular formula is C14H11IN4O. The number of H-pyrrole nitrogens is 1. The van der Waals surface area contributed by atoms with Crippen molar-refractivity contribution in [1.29, 1.82) is 5.26 Å². The number of nitrogens with zero attached hydrogens (tertiary/aromatic N) is 2. The zero-order valence-corrected chi connectivity index (χ0v) is 12.8. The molecule has 1 aromatic carbocycles. The van der Waals surface area contributed by atoms with Gasteiger partial charge in [-0.25, -0.2) is 0 Å². The minimum absolute atomic E-state index is 0.121. The van der Waals surface area contributed by atoms with E-state index in [2.05, 4.69) is 38.9 Å².